The van der Waals surface area contributed by atoms with Crippen molar-refractivity contribution in [2.24, 2.45) is 0 Å². The van der Waals surface area contributed by atoms with Gasteiger partial charge in [0, 0.05) is 15.2 Å². The van der Waals surface area contributed by atoms with Crippen LogP contribution in [0, 0.1) is 0 Å². The van der Waals surface area contributed by atoms with E-state index in [4.69, 9.17) is 0 Å². The highest BCUT2D eigenvalue weighted by Crippen LogP contribution is 2.29. The zero-order valence-electron chi connectivity index (χ0n) is 25.6. The monoisotopic (exact) mass is 554 g/mol. The molecular weight excluding hydrogens is 497 g/mol. The Bertz CT molecular complexity index is 830. The SMILES string of the molecule is C[Si](C)(C)c1cc([Si](C)([Si](C)(C)C)[Si](C)(C)C)c([Si](C)(C)C)c([Si](C)(C)C)c1[Si](C)(C)C. The van der Waals surface area contributed by atoms with Gasteiger partial charge in [-0.1, -0.05) is 156 Å². The molecular formula is C25H58Si7. The maximum absolute atomic E-state index is 2.93. The summed E-state index contributed by atoms with van der Waals surface area (Å²) >= 11 is 0. The molecule has 0 bridgehead atoms. The van der Waals surface area contributed by atoms with Crippen LogP contribution in [0.3, 0.4) is 0 Å². The van der Waals surface area contributed by atoms with E-state index >= 15 is 0 Å². The molecule has 0 spiro atoms. The molecule has 0 unspecified atom stereocenters. The average molecular weight is 555 g/mol. The molecule has 0 saturated heterocycles. The maximum atomic E-state index is 2.93. The summed E-state index contributed by atoms with van der Waals surface area (Å²) in [6, 6.07) is 2.93. The zero-order valence-corrected chi connectivity index (χ0v) is 32.6. The Hall–Kier alpha value is 0.738. The Morgan fingerprint density at radius 1 is 0.344 bits per heavy atom. The first-order valence-corrected chi connectivity index (χ1v) is 38.3. The van der Waals surface area contributed by atoms with Crippen LogP contribution in [0.4, 0.5) is 0 Å². The minimum absolute atomic E-state index is 1.36. The van der Waals surface area contributed by atoms with Gasteiger partial charge < -0.3 is 0 Å². The first-order chi connectivity index (χ1) is 13.6. The summed E-state index contributed by atoms with van der Waals surface area (Å²) in [7, 11) is -10.4. The van der Waals surface area contributed by atoms with Gasteiger partial charge in [0.1, 0.15) is 0 Å². The lowest BCUT2D eigenvalue weighted by Crippen LogP contribution is -2.85. The summed E-state index contributed by atoms with van der Waals surface area (Å²) in [6.45, 7) is 51.0. The minimum Gasteiger partial charge on any atom is -0.0714 e. The molecule has 0 atom stereocenters. The minimum atomic E-state index is -1.61. The van der Waals surface area contributed by atoms with Gasteiger partial charge in [-0.25, -0.2) is 0 Å². The van der Waals surface area contributed by atoms with Gasteiger partial charge in [-0.2, -0.15) is 0 Å². The van der Waals surface area contributed by atoms with E-state index < -0.39 is 54.6 Å². The lowest BCUT2D eigenvalue weighted by Gasteiger charge is -2.52. The Morgan fingerprint density at radius 3 is 0.844 bits per heavy atom. The third-order valence-electron chi connectivity index (χ3n) is 7.92. The summed E-state index contributed by atoms with van der Waals surface area (Å²) in [5.74, 6) is 0. The highest BCUT2D eigenvalue weighted by molar-refractivity contribution is 7.72. The topological polar surface area (TPSA) is 0 Å². The van der Waals surface area contributed by atoms with Gasteiger partial charge in [0.2, 0.25) is 0 Å². The van der Waals surface area contributed by atoms with Crippen molar-refractivity contribution in [2.45, 2.75) is 124 Å². The maximum Gasteiger partial charge on any atom is 0.0774 e. The van der Waals surface area contributed by atoms with Gasteiger partial charge in [0.05, 0.1) is 39.4 Å². The fourth-order valence-corrected chi connectivity index (χ4v) is 60.5. The molecule has 0 heterocycles. The van der Waals surface area contributed by atoms with E-state index in [9.17, 15) is 0 Å². The molecule has 0 radical (unpaired) electrons. The molecule has 0 saturated carbocycles. The van der Waals surface area contributed by atoms with Crippen LogP contribution in [-0.4, -0.2) is 54.6 Å². The highest BCUT2D eigenvalue weighted by Gasteiger charge is 2.55. The predicted molar refractivity (Wildman–Crippen MR) is 176 cm³/mol. The van der Waals surface area contributed by atoms with E-state index in [1.807, 2.05) is 25.9 Å². The molecule has 0 aliphatic heterocycles. The second-order valence-corrected chi connectivity index (χ2v) is 65.0. The first-order valence-electron chi connectivity index (χ1n) is 12.8. The predicted octanol–water partition coefficient (Wildman–Crippen LogP) is 5.99. The van der Waals surface area contributed by atoms with Crippen molar-refractivity contribution in [3.63, 3.8) is 0 Å². The summed E-state index contributed by atoms with van der Waals surface area (Å²) in [6.07, 6.45) is 0. The molecule has 1 aromatic carbocycles. The number of rotatable bonds is 7. The third-order valence-corrected chi connectivity index (χ3v) is 57.6. The second-order valence-electron chi connectivity index (χ2n) is 16.7. The van der Waals surface area contributed by atoms with E-state index in [0.29, 0.717) is 0 Å². The van der Waals surface area contributed by atoms with Gasteiger partial charge >= 0.3 is 0 Å². The molecule has 186 valence electrons. The summed E-state index contributed by atoms with van der Waals surface area (Å²) in [5, 5.41) is 9.68. The molecule has 0 N–H and O–H groups in total. The van der Waals surface area contributed by atoms with E-state index in [-0.39, 0.29) is 0 Å². The van der Waals surface area contributed by atoms with Crippen LogP contribution in [0.1, 0.15) is 0 Å². The van der Waals surface area contributed by atoms with Crippen LogP contribution in [0.25, 0.3) is 0 Å². The van der Waals surface area contributed by atoms with Gasteiger partial charge in [0.15, 0.2) is 0 Å². The molecule has 7 heteroatoms. The Kier molecular flexibility index (Phi) is 8.36. The molecule has 0 fully saturated rings. The smallest absolute Gasteiger partial charge is 0.0714 e. The van der Waals surface area contributed by atoms with Crippen LogP contribution >= 0.6 is 0 Å². The molecule has 0 aromatic heterocycles. The van der Waals surface area contributed by atoms with Crippen molar-refractivity contribution >= 4 is 80.5 Å². The Balaban J connectivity index is 4.73. The van der Waals surface area contributed by atoms with Crippen LogP contribution in [0.5, 0.6) is 0 Å². The normalized spacial score (nSPS) is 15.3. The highest BCUT2D eigenvalue weighted by atomic mass is 29.6. The molecule has 32 heavy (non-hydrogen) atoms. The van der Waals surface area contributed by atoms with Gasteiger partial charge in [-0.15, -0.1) is 0 Å². The van der Waals surface area contributed by atoms with Crippen molar-refractivity contribution in [1.82, 2.24) is 0 Å². The van der Waals surface area contributed by atoms with Crippen molar-refractivity contribution < 1.29 is 0 Å². The lowest BCUT2D eigenvalue weighted by molar-refractivity contribution is 1.65. The largest absolute Gasteiger partial charge is 0.0774 e. The van der Waals surface area contributed by atoms with E-state index in [1.54, 1.807) is 0 Å². The Labute approximate surface area is 210 Å². The van der Waals surface area contributed by atoms with Gasteiger partial charge in [0.25, 0.3) is 0 Å². The van der Waals surface area contributed by atoms with Crippen LogP contribution < -0.4 is 25.9 Å². The number of hydrogen-bond donors (Lipinski definition) is 0. The van der Waals surface area contributed by atoms with Crippen molar-refractivity contribution in [2.75, 3.05) is 0 Å². The van der Waals surface area contributed by atoms with Crippen molar-refractivity contribution in [3.05, 3.63) is 6.07 Å². The second kappa shape index (κ2) is 8.69. The number of benzene rings is 1. The third kappa shape index (κ3) is 5.75. The molecule has 1 rings (SSSR count). The van der Waals surface area contributed by atoms with Gasteiger partial charge in [-0.3, -0.25) is 0 Å². The molecule has 1 aromatic rings. The van der Waals surface area contributed by atoms with Crippen LogP contribution in [0.15, 0.2) is 6.07 Å². The molecule has 0 aliphatic carbocycles. The summed E-state index contributed by atoms with van der Waals surface area (Å²) in [4.78, 5) is 0. The molecule has 0 aliphatic rings. The quantitative estimate of drug-likeness (QED) is 0.363. The van der Waals surface area contributed by atoms with E-state index in [1.165, 1.54) is 0 Å². The Morgan fingerprint density at radius 2 is 0.625 bits per heavy atom. The fourth-order valence-electron chi connectivity index (χ4n) is 5.91. The fraction of sp³-hybridized carbons (Fsp3) is 0.760. The van der Waals surface area contributed by atoms with E-state index in [2.05, 4.69) is 130 Å². The standard InChI is InChI=1S/C25H58Si7/c1-26(2,3)21-20-22(32(19,30(13,14)15)31(16,17)18)24(28(7,8)9)25(29(10,11)12)23(21)27(4,5)6/h20H,1-19H3. The molecule has 0 nitrogen and oxygen atoms in total. The zero-order chi connectivity index (χ0) is 26.1. The van der Waals surface area contributed by atoms with Crippen LogP contribution in [-0.2, 0) is 0 Å². The summed E-state index contributed by atoms with van der Waals surface area (Å²) < 4.78 is 0. The van der Waals surface area contributed by atoms with E-state index in [0.717, 1.165) is 0 Å². The average Bonchev–Trinajstić information content (AvgIpc) is 2.46. The lowest BCUT2D eigenvalue weighted by atomic mass is 10.3. The van der Waals surface area contributed by atoms with Gasteiger partial charge in [-0.05, 0) is 0 Å². The van der Waals surface area contributed by atoms with Crippen LogP contribution in [0.2, 0.25) is 124 Å². The number of hydrogen-bond acceptors (Lipinski definition) is 0. The van der Waals surface area contributed by atoms with Crippen molar-refractivity contribution in [1.29, 1.82) is 0 Å². The van der Waals surface area contributed by atoms with Crippen molar-refractivity contribution in [3.8, 4) is 0 Å². The molecule has 0 amide bonds. The summed E-state index contributed by atoms with van der Waals surface area (Å²) in [5.41, 5.74) is 0. The first kappa shape index (κ1) is 30.8.